The molecule has 0 aromatic heterocycles. The van der Waals surface area contributed by atoms with E-state index in [1.807, 2.05) is 0 Å². The van der Waals surface area contributed by atoms with E-state index in [0.717, 1.165) is 26.2 Å². The number of nitrogens with zero attached hydrogens (tertiary/aromatic N) is 1. The van der Waals surface area contributed by atoms with Gasteiger partial charge in [0.2, 0.25) is 0 Å². The lowest BCUT2D eigenvalue weighted by atomic mass is 10.0. The Bertz CT molecular complexity index is 418. The molecule has 1 saturated heterocycles. The lowest BCUT2D eigenvalue weighted by molar-refractivity contribution is -0.0513. The average Bonchev–Trinajstić information content (AvgIpc) is 2.46. The molecule has 4 nitrogen and oxygen atoms in total. The highest BCUT2D eigenvalue weighted by Gasteiger charge is 2.25. The molecule has 0 radical (unpaired) electrons. The summed E-state index contributed by atoms with van der Waals surface area (Å²) in [6, 6.07) is 6.72. The van der Waals surface area contributed by atoms with Gasteiger partial charge in [-0.15, -0.1) is 12.4 Å². The van der Waals surface area contributed by atoms with E-state index in [9.17, 15) is 13.9 Å². The van der Waals surface area contributed by atoms with E-state index < -0.39 is 6.61 Å². The van der Waals surface area contributed by atoms with Crippen molar-refractivity contribution in [1.29, 1.82) is 0 Å². The van der Waals surface area contributed by atoms with E-state index in [0.29, 0.717) is 12.0 Å². The molecule has 1 atom stereocenters. The van der Waals surface area contributed by atoms with Crippen molar-refractivity contribution < 1.29 is 18.6 Å². The molecule has 0 spiro atoms. The van der Waals surface area contributed by atoms with E-state index in [2.05, 4.69) is 15.0 Å². The van der Waals surface area contributed by atoms with Crippen LogP contribution in [0.4, 0.5) is 8.78 Å². The Kier molecular flexibility index (Phi) is 7.88. The van der Waals surface area contributed by atoms with E-state index in [1.165, 1.54) is 0 Å². The van der Waals surface area contributed by atoms with Gasteiger partial charge in [0.15, 0.2) is 0 Å². The molecular weight excluding hydrogens is 302 g/mol. The van der Waals surface area contributed by atoms with Gasteiger partial charge in [-0.3, -0.25) is 4.90 Å². The quantitative estimate of drug-likeness (QED) is 0.841. The molecule has 1 fully saturated rings. The van der Waals surface area contributed by atoms with Crippen molar-refractivity contribution in [3.63, 3.8) is 0 Å². The fourth-order valence-corrected chi connectivity index (χ4v) is 2.61. The molecule has 1 aromatic carbocycles. The van der Waals surface area contributed by atoms with Gasteiger partial charge >= 0.3 is 6.61 Å². The Hall–Kier alpha value is -0.950. The number of piperazine rings is 1. The van der Waals surface area contributed by atoms with Crippen LogP contribution in [0.1, 0.15) is 18.0 Å². The van der Waals surface area contributed by atoms with Crippen LogP contribution in [0.25, 0.3) is 0 Å². The molecule has 0 bridgehead atoms. The van der Waals surface area contributed by atoms with Crippen molar-refractivity contribution in [2.24, 2.45) is 0 Å². The van der Waals surface area contributed by atoms with Crippen LogP contribution in [0.2, 0.25) is 0 Å². The number of rotatable bonds is 6. The predicted octanol–water partition coefficient (Wildman–Crippen LogP) is 2.04. The highest BCUT2D eigenvalue weighted by Crippen LogP contribution is 2.32. The Morgan fingerprint density at radius 1 is 1.24 bits per heavy atom. The van der Waals surface area contributed by atoms with Gasteiger partial charge in [-0.1, -0.05) is 18.2 Å². The van der Waals surface area contributed by atoms with Crippen LogP contribution in [0, 0.1) is 0 Å². The molecule has 0 aliphatic carbocycles. The average molecular weight is 323 g/mol. The Labute approximate surface area is 129 Å². The van der Waals surface area contributed by atoms with Crippen molar-refractivity contribution in [3.8, 4) is 5.75 Å². The molecule has 0 saturated carbocycles. The van der Waals surface area contributed by atoms with Gasteiger partial charge in [0.05, 0.1) is 0 Å². The van der Waals surface area contributed by atoms with Gasteiger partial charge in [-0.05, 0) is 12.5 Å². The highest BCUT2D eigenvalue weighted by atomic mass is 35.5. The van der Waals surface area contributed by atoms with Crippen molar-refractivity contribution in [2.45, 2.75) is 19.1 Å². The van der Waals surface area contributed by atoms with Crippen LogP contribution in [0.5, 0.6) is 5.75 Å². The monoisotopic (exact) mass is 322 g/mol. The first-order chi connectivity index (χ1) is 9.72. The zero-order chi connectivity index (χ0) is 14.4. The third kappa shape index (κ3) is 5.07. The maximum Gasteiger partial charge on any atom is 0.387 e. The van der Waals surface area contributed by atoms with E-state index >= 15 is 0 Å². The van der Waals surface area contributed by atoms with Gasteiger partial charge in [-0.25, -0.2) is 0 Å². The minimum atomic E-state index is -2.84. The number of alkyl halides is 2. The summed E-state index contributed by atoms with van der Waals surface area (Å²) >= 11 is 0. The van der Waals surface area contributed by atoms with E-state index in [-0.39, 0.29) is 30.8 Å². The molecule has 1 aliphatic heterocycles. The van der Waals surface area contributed by atoms with Gasteiger partial charge in [0.25, 0.3) is 0 Å². The van der Waals surface area contributed by atoms with Crippen molar-refractivity contribution >= 4 is 12.4 Å². The minimum Gasteiger partial charge on any atom is -0.434 e. The molecule has 1 aromatic rings. The Balaban J connectivity index is 0.00000220. The third-order valence-electron chi connectivity index (χ3n) is 3.49. The Morgan fingerprint density at radius 3 is 2.52 bits per heavy atom. The Morgan fingerprint density at radius 2 is 1.90 bits per heavy atom. The number of benzene rings is 1. The molecular formula is C14H21ClF2N2O2. The first-order valence-corrected chi connectivity index (χ1v) is 6.81. The number of ether oxygens (including phenoxy) is 1. The van der Waals surface area contributed by atoms with Crippen LogP contribution < -0.4 is 10.1 Å². The first-order valence-electron chi connectivity index (χ1n) is 6.81. The zero-order valence-corrected chi connectivity index (χ0v) is 12.5. The van der Waals surface area contributed by atoms with Crippen LogP contribution in [-0.2, 0) is 0 Å². The van der Waals surface area contributed by atoms with Crippen molar-refractivity contribution in [2.75, 3.05) is 32.8 Å². The molecule has 7 heteroatoms. The normalized spacial score (nSPS) is 17.3. The zero-order valence-electron chi connectivity index (χ0n) is 11.7. The summed E-state index contributed by atoms with van der Waals surface area (Å²) in [6.45, 7) is 0.549. The molecule has 120 valence electrons. The lowest BCUT2D eigenvalue weighted by Gasteiger charge is -2.35. The summed E-state index contributed by atoms with van der Waals surface area (Å²) in [5.74, 6) is 0.194. The number of hydrogen-bond donors (Lipinski definition) is 2. The first kappa shape index (κ1) is 18.1. The molecule has 0 amide bonds. The minimum absolute atomic E-state index is 0. The van der Waals surface area contributed by atoms with Gasteiger partial charge in [0.1, 0.15) is 5.75 Å². The molecule has 0 unspecified atom stereocenters. The predicted molar refractivity (Wildman–Crippen MR) is 79.2 cm³/mol. The van der Waals surface area contributed by atoms with Crippen molar-refractivity contribution in [3.05, 3.63) is 29.8 Å². The third-order valence-corrected chi connectivity index (χ3v) is 3.49. The molecule has 21 heavy (non-hydrogen) atoms. The number of halogens is 3. The summed E-state index contributed by atoms with van der Waals surface area (Å²) in [5, 5.41) is 12.5. The standard InChI is InChI=1S/C14H20F2N2O2.ClH/c15-14(16)20-13-4-2-1-3-11(13)12(5-10-19)18-8-6-17-7-9-18;/h1-4,12,14,17,19H,5-10H2;1H/t12-;/m0./s1. The molecule has 1 heterocycles. The molecule has 2 N–H and O–H groups in total. The number of para-hydroxylation sites is 1. The SMILES string of the molecule is Cl.OCC[C@@H](c1ccccc1OC(F)F)N1CCNCC1. The summed E-state index contributed by atoms with van der Waals surface area (Å²) in [7, 11) is 0. The fraction of sp³-hybridized carbons (Fsp3) is 0.571. The van der Waals surface area contributed by atoms with E-state index in [1.54, 1.807) is 24.3 Å². The second-order valence-corrected chi connectivity index (χ2v) is 4.73. The van der Waals surface area contributed by atoms with Crippen LogP contribution in [0.3, 0.4) is 0 Å². The summed E-state index contributed by atoms with van der Waals surface area (Å²) in [6.07, 6.45) is 0.504. The van der Waals surface area contributed by atoms with Crippen LogP contribution in [0.15, 0.2) is 24.3 Å². The largest absolute Gasteiger partial charge is 0.434 e. The second kappa shape index (κ2) is 9.15. The highest BCUT2D eigenvalue weighted by molar-refractivity contribution is 5.85. The maximum atomic E-state index is 12.5. The number of aliphatic hydroxyl groups excluding tert-OH is 1. The van der Waals surface area contributed by atoms with Crippen LogP contribution >= 0.6 is 12.4 Å². The molecule has 2 rings (SSSR count). The van der Waals surface area contributed by atoms with E-state index in [4.69, 9.17) is 0 Å². The van der Waals surface area contributed by atoms with Crippen molar-refractivity contribution in [1.82, 2.24) is 10.2 Å². The summed E-state index contributed by atoms with van der Waals surface area (Å²) in [5.41, 5.74) is 0.712. The van der Waals surface area contributed by atoms with Gasteiger partial charge in [-0.2, -0.15) is 8.78 Å². The molecule has 1 aliphatic rings. The maximum absolute atomic E-state index is 12.5. The number of nitrogens with one attached hydrogen (secondary N) is 1. The number of hydrogen-bond acceptors (Lipinski definition) is 4. The fourth-order valence-electron chi connectivity index (χ4n) is 2.61. The smallest absolute Gasteiger partial charge is 0.387 e. The second-order valence-electron chi connectivity index (χ2n) is 4.73. The summed E-state index contributed by atoms with van der Waals surface area (Å²) in [4.78, 5) is 2.19. The van der Waals surface area contributed by atoms with Gasteiger partial charge < -0.3 is 15.2 Å². The lowest BCUT2D eigenvalue weighted by Crippen LogP contribution is -2.45. The van der Waals surface area contributed by atoms with Crippen LogP contribution in [-0.4, -0.2) is 49.4 Å². The topological polar surface area (TPSA) is 44.7 Å². The number of aliphatic hydroxyl groups is 1. The van der Waals surface area contributed by atoms with Gasteiger partial charge in [0, 0.05) is 44.4 Å². The summed E-state index contributed by atoms with van der Waals surface area (Å²) < 4.78 is 29.6.